The fourth-order valence-electron chi connectivity index (χ4n) is 2.36. The average molecular weight is 286 g/mol. The maximum Gasteiger partial charge on any atom is 0.338 e. The SMILES string of the molecule is O=C(O)c1cc2c(nc1Sc1ccncc1)CCCC2. The summed E-state index contributed by atoms with van der Waals surface area (Å²) in [5, 5.41) is 9.95. The van der Waals surface area contributed by atoms with Gasteiger partial charge in [-0.15, -0.1) is 0 Å². The van der Waals surface area contributed by atoms with Crippen LogP contribution in [0.5, 0.6) is 0 Å². The third kappa shape index (κ3) is 2.67. The first-order valence-corrected chi connectivity index (χ1v) is 7.39. The summed E-state index contributed by atoms with van der Waals surface area (Å²) in [5.41, 5.74) is 2.44. The monoisotopic (exact) mass is 286 g/mol. The number of carboxylic acids is 1. The second-order valence-corrected chi connectivity index (χ2v) is 5.81. The second-order valence-electron chi connectivity index (χ2n) is 4.74. The van der Waals surface area contributed by atoms with Crippen molar-refractivity contribution in [3.05, 3.63) is 47.4 Å². The van der Waals surface area contributed by atoms with E-state index in [1.807, 2.05) is 12.1 Å². The fraction of sp³-hybridized carbons (Fsp3) is 0.267. The van der Waals surface area contributed by atoms with Crippen LogP contribution in [0.15, 0.2) is 40.5 Å². The molecular weight excluding hydrogens is 272 g/mol. The van der Waals surface area contributed by atoms with Crippen LogP contribution in [0.2, 0.25) is 0 Å². The van der Waals surface area contributed by atoms with E-state index in [9.17, 15) is 9.90 Å². The summed E-state index contributed by atoms with van der Waals surface area (Å²) in [5.74, 6) is -0.914. The summed E-state index contributed by atoms with van der Waals surface area (Å²) in [6.45, 7) is 0. The molecule has 1 N–H and O–H groups in total. The highest BCUT2D eigenvalue weighted by atomic mass is 32.2. The van der Waals surface area contributed by atoms with E-state index >= 15 is 0 Å². The van der Waals surface area contributed by atoms with Gasteiger partial charge in [-0.3, -0.25) is 4.98 Å². The molecule has 20 heavy (non-hydrogen) atoms. The summed E-state index contributed by atoms with van der Waals surface area (Å²) >= 11 is 1.38. The molecule has 2 aromatic rings. The van der Waals surface area contributed by atoms with Crippen molar-refractivity contribution in [1.29, 1.82) is 0 Å². The van der Waals surface area contributed by atoms with Gasteiger partial charge in [-0.1, -0.05) is 11.8 Å². The van der Waals surface area contributed by atoms with E-state index in [1.54, 1.807) is 18.5 Å². The topological polar surface area (TPSA) is 63.1 Å². The number of nitrogens with zero attached hydrogens (tertiary/aromatic N) is 2. The van der Waals surface area contributed by atoms with Crippen molar-refractivity contribution in [3.63, 3.8) is 0 Å². The molecule has 1 aliphatic rings. The van der Waals surface area contributed by atoms with Gasteiger partial charge in [-0.25, -0.2) is 9.78 Å². The van der Waals surface area contributed by atoms with Crippen LogP contribution in [0, 0.1) is 0 Å². The largest absolute Gasteiger partial charge is 0.478 e. The highest BCUT2D eigenvalue weighted by Gasteiger charge is 2.19. The Labute approximate surface area is 121 Å². The van der Waals surface area contributed by atoms with Gasteiger partial charge in [0.15, 0.2) is 0 Å². The number of rotatable bonds is 3. The van der Waals surface area contributed by atoms with E-state index in [1.165, 1.54) is 11.8 Å². The smallest absolute Gasteiger partial charge is 0.338 e. The Morgan fingerprint density at radius 2 is 1.95 bits per heavy atom. The lowest BCUT2D eigenvalue weighted by molar-refractivity contribution is 0.0692. The fourth-order valence-corrected chi connectivity index (χ4v) is 3.26. The normalized spacial score (nSPS) is 13.8. The van der Waals surface area contributed by atoms with Gasteiger partial charge in [0, 0.05) is 23.0 Å². The van der Waals surface area contributed by atoms with Crippen molar-refractivity contribution >= 4 is 17.7 Å². The zero-order valence-corrected chi connectivity index (χ0v) is 11.7. The molecule has 4 nitrogen and oxygen atoms in total. The third-order valence-corrected chi connectivity index (χ3v) is 4.37. The Morgan fingerprint density at radius 1 is 1.20 bits per heavy atom. The molecule has 0 aliphatic heterocycles. The van der Waals surface area contributed by atoms with Crippen LogP contribution in [-0.4, -0.2) is 21.0 Å². The van der Waals surface area contributed by atoms with Crippen molar-refractivity contribution in [1.82, 2.24) is 9.97 Å². The Kier molecular flexibility index (Phi) is 3.69. The lowest BCUT2D eigenvalue weighted by Gasteiger charge is -2.17. The van der Waals surface area contributed by atoms with Crippen LogP contribution in [0.3, 0.4) is 0 Å². The van der Waals surface area contributed by atoms with Crippen LogP contribution >= 0.6 is 11.8 Å². The number of aryl methyl sites for hydroxylation is 2. The van der Waals surface area contributed by atoms with Crippen LogP contribution in [0.4, 0.5) is 0 Å². The molecule has 0 aromatic carbocycles. The van der Waals surface area contributed by atoms with Gasteiger partial charge in [0.25, 0.3) is 0 Å². The van der Waals surface area contributed by atoms with Gasteiger partial charge in [0.1, 0.15) is 5.03 Å². The van der Waals surface area contributed by atoms with E-state index in [0.717, 1.165) is 41.8 Å². The van der Waals surface area contributed by atoms with E-state index in [0.29, 0.717) is 10.6 Å². The summed E-state index contributed by atoms with van der Waals surface area (Å²) in [4.78, 5) is 20.9. The third-order valence-electron chi connectivity index (χ3n) is 3.36. The van der Waals surface area contributed by atoms with Crippen LogP contribution in [-0.2, 0) is 12.8 Å². The zero-order valence-electron chi connectivity index (χ0n) is 10.9. The molecule has 102 valence electrons. The average Bonchev–Trinajstić information content (AvgIpc) is 2.47. The molecule has 0 atom stereocenters. The lowest BCUT2D eigenvalue weighted by Crippen LogP contribution is -2.10. The number of carbonyl (C=O) groups is 1. The summed E-state index contributed by atoms with van der Waals surface area (Å²) < 4.78 is 0. The van der Waals surface area contributed by atoms with Crippen molar-refractivity contribution < 1.29 is 9.90 Å². The van der Waals surface area contributed by atoms with E-state index < -0.39 is 5.97 Å². The summed E-state index contributed by atoms with van der Waals surface area (Å²) in [6, 6.07) is 5.52. The summed E-state index contributed by atoms with van der Waals surface area (Å²) in [7, 11) is 0. The van der Waals surface area contributed by atoms with E-state index in [4.69, 9.17) is 0 Å². The van der Waals surface area contributed by atoms with Gasteiger partial charge in [-0.2, -0.15) is 0 Å². The van der Waals surface area contributed by atoms with Gasteiger partial charge in [0.2, 0.25) is 0 Å². The minimum absolute atomic E-state index is 0.299. The Bertz CT molecular complexity index is 644. The molecular formula is C15H14N2O2S. The number of aromatic carboxylic acids is 1. The molecule has 0 bridgehead atoms. The molecule has 0 saturated carbocycles. The number of fused-ring (bicyclic) bond motifs is 1. The molecule has 5 heteroatoms. The highest BCUT2D eigenvalue weighted by Crippen LogP contribution is 2.31. The Balaban J connectivity index is 2.02. The Hall–Kier alpha value is -1.88. The maximum absolute atomic E-state index is 11.4. The van der Waals surface area contributed by atoms with Gasteiger partial charge in [0.05, 0.1) is 5.56 Å². The molecule has 3 rings (SSSR count). The van der Waals surface area contributed by atoms with Gasteiger partial charge in [-0.05, 0) is 49.4 Å². The minimum atomic E-state index is -0.914. The zero-order chi connectivity index (χ0) is 13.9. The van der Waals surface area contributed by atoms with Gasteiger partial charge >= 0.3 is 5.97 Å². The second kappa shape index (κ2) is 5.63. The standard InChI is InChI=1S/C15H14N2O2S/c18-15(19)12-9-10-3-1-2-4-13(10)17-14(12)20-11-5-7-16-8-6-11/h5-9H,1-4H2,(H,18,19). The first-order chi connectivity index (χ1) is 9.74. The number of pyridine rings is 2. The van der Waals surface area contributed by atoms with Crippen molar-refractivity contribution in [2.45, 2.75) is 35.6 Å². The lowest BCUT2D eigenvalue weighted by atomic mass is 9.95. The number of aromatic nitrogens is 2. The van der Waals surface area contributed by atoms with Gasteiger partial charge < -0.3 is 5.11 Å². The Morgan fingerprint density at radius 3 is 2.70 bits per heavy atom. The first kappa shape index (κ1) is 13.1. The molecule has 0 spiro atoms. The first-order valence-electron chi connectivity index (χ1n) is 6.58. The molecule has 1 aliphatic carbocycles. The number of carboxylic acid groups (broad SMARTS) is 1. The molecule has 0 amide bonds. The highest BCUT2D eigenvalue weighted by molar-refractivity contribution is 7.99. The molecule has 2 aromatic heterocycles. The van der Waals surface area contributed by atoms with E-state index in [2.05, 4.69) is 9.97 Å². The predicted octanol–water partition coefficient (Wildman–Crippen LogP) is 3.20. The minimum Gasteiger partial charge on any atom is -0.478 e. The van der Waals surface area contributed by atoms with Crippen molar-refractivity contribution in [2.75, 3.05) is 0 Å². The van der Waals surface area contributed by atoms with E-state index in [-0.39, 0.29) is 0 Å². The molecule has 2 heterocycles. The van der Waals surface area contributed by atoms with Crippen molar-refractivity contribution in [2.24, 2.45) is 0 Å². The number of hydrogen-bond acceptors (Lipinski definition) is 4. The molecule has 0 radical (unpaired) electrons. The van der Waals surface area contributed by atoms with Crippen LogP contribution in [0.25, 0.3) is 0 Å². The quantitative estimate of drug-likeness (QED) is 0.938. The number of hydrogen-bond donors (Lipinski definition) is 1. The van der Waals surface area contributed by atoms with Crippen LogP contribution < -0.4 is 0 Å². The summed E-state index contributed by atoms with van der Waals surface area (Å²) in [6.07, 6.45) is 7.51. The van der Waals surface area contributed by atoms with Crippen LogP contribution in [0.1, 0.15) is 34.5 Å². The molecule has 0 fully saturated rings. The van der Waals surface area contributed by atoms with Crippen molar-refractivity contribution in [3.8, 4) is 0 Å². The predicted molar refractivity (Wildman–Crippen MR) is 76.2 cm³/mol. The molecule has 0 saturated heterocycles. The maximum atomic E-state index is 11.4. The molecule has 0 unspecified atom stereocenters.